The molecule has 2 N–H and O–H groups in total. The lowest BCUT2D eigenvalue weighted by molar-refractivity contribution is -0.126. The number of hydrogen-bond acceptors (Lipinski definition) is 5. The maximum Gasteiger partial charge on any atom is 0.331 e. The lowest BCUT2D eigenvalue weighted by Gasteiger charge is -2.45. The van der Waals surface area contributed by atoms with Gasteiger partial charge in [0.2, 0.25) is 5.91 Å². The van der Waals surface area contributed by atoms with Gasteiger partial charge in [0, 0.05) is 43.2 Å². The Bertz CT molecular complexity index is 2910. The highest BCUT2D eigenvalue weighted by atomic mass is 35.5. The van der Waals surface area contributed by atoms with Gasteiger partial charge in [-0.15, -0.1) is 0 Å². The quantitative estimate of drug-likeness (QED) is 0.176. The topological polar surface area (TPSA) is 113 Å². The Morgan fingerprint density at radius 3 is 2.20 bits per heavy atom. The maximum atomic E-state index is 14.4. The number of carbonyl (C=O) groups excluding carboxylic acids is 1. The van der Waals surface area contributed by atoms with E-state index in [4.69, 9.17) is 16.0 Å². The number of pyridine rings is 1. The molecule has 5 heterocycles. The average molecular weight is 687 g/mol. The van der Waals surface area contributed by atoms with Crippen LogP contribution in [0.1, 0.15) is 28.7 Å². The van der Waals surface area contributed by atoms with E-state index in [1.165, 1.54) is 4.57 Å². The van der Waals surface area contributed by atoms with Crippen LogP contribution in [0.5, 0.6) is 0 Å². The number of aromatic amines is 2. The van der Waals surface area contributed by atoms with Crippen molar-refractivity contribution in [2.24, 2.45) is 0 Å². The van der Waals surface area contributed by atoms with Crippen LogP contribution in [-0.4, -0.2) is 30.6 Å². The lowest BCUT2D eigenvalue weighted by Crippen LogP contribution is -2.54. The number of rotatable bonds is 5. The van der Waals surface area contributed by atoms with E-state index in [2.05, 4.69) is 57.4 Å². The molecule has 0 spiro atoms. The molecular weight excluding hydrogens is 660 g/mol. The molecule has 0 saturated carbocycles. The van der Waals surface area contributed by atoms with Crippen LogP contribution in [0, 0.1) is 6.92 Å². The van der Waals surface area contributed by atoms with Crippen LogP contribution in [0.15, 0.2) is 131 Å². The van der Waals surface area contributed by atoms with Crippen LogP contribution in [-0.2, 0) is 4.79 Å². The second-order valence-corrected chi connectivity index (χ2v) is 13.4. The number of halogens is 1. The number of amides is 1. The minimum atomic E-state index is -0.519. The summed E-state index contributed by atoms with van der Waals surface area (Å²) in [4.78, 5) is 37.3. The molecule has 0 radical (unpaired) electrons. The van der Waals surface area contributed by atoms with E-state index in [0.717, 1.165) is 60.7 Å². The first-order valence-electron chi connectivity index (χ1n) is 16.6. The first-order valence-corrected chi connectivity index (χ1v) is 17.0. The number of nitrogens with zero attached hydrogens (tertiary/aromatic N) is 4. The van der Waals surface area contributed by atoms with Gasteiger partial charge in [0.15, 0.2) is 0 Å². The van der Waals surface area contributed by atoms with Crippen molar-refractivity contribution >= 4 is 67.1 Å². The van der Waals surface area contributed by atoms with Gasteiger partial charge in [-0.1, -0.05) is 112 Å². The number of β-lactam (4-membered cyclic amide) rings is 1. The van der Waals surface area contributed by atoms with Gasteiger partial charge >= 0.3 is 12.0 Å². The summed E-state index contributed by atoms with van der Waals surface area (Å²) >= 11 is 6.46. The fraction of sp³-hybridized carbons (Fsp3) is 0.0732. The second-order valence-electron chi connectivity index (χ2n) is 13.0. The maximum absolute atomic E-state index is 14.4. The van der Waals surface area contributed by atoms with Crippen molar-refractivity contribution in [3.8, 4) is 17.3 Å². The number of anilines is 1. The van der Waals surface area contributed by atoms with Crippen LogP contribution < -0.4 is 10.5 Å². The van der Waals surface area contributed by atoms with Gasteiger partial charge in [0.05, 0.1) is 28.7 Å². The Balaban J connectivity index is 1.20. The number of aryl methyl sites for hydroxylation is 1. The summed E-state index contributed by atoms with van der Waals surface area (Å²) < 4.78 is 7.83. The summed E-state index contributed by atoms with van der Waals surface area (Å²) in [6.07, 6.45) is 0. The van der Waals surface area contributed by atoms with Crippen molar-refractivity contribution in [2.75, 3.05) is 4.90 Å². The summed E-state index contributed by atoms with van der Waals surface area (Å²) in [5.41, 5.74) is 7.52. The van der Waals surface area contributed by atoms with Crippen LogP contribution >= 0.6 is 11.6 Å². The van der Waals surface area contributed by atoms with E-state index in [1.54, 1.807) is 23.1 Å². The number of carbonyl (C=O) groups is 1. The van der Waals surface area contributed by atoms with E-state index >= 15 is 0 Å². The summed E-state index contributed by atoms with van der Waals surface area (Å²) in [7, 11) is 0. The van der Waals surface area contributed by atoms with Gasteiger partial charge in [-0.25, -0.2) is 4.57 Å². The van der Waals surface area contributed by atoms with Gasteiger partial charge in [0.1, 0.15) is 0 Å². The molecular formula is C41H27ClN6O3. The molecule has 9 aromatic rings. The van der Waals surface area contributed by atoms with Crippen molar-refractivity contribution in [1.82, 2.24) is 24.7 Å². The molecule has 2 atom stereocenters. The van der Waals surface area contributed by atoms with Gasteiger partial charge in [-0.3, -0.25) is 14.5 Å². The third-order valence-electron chi connectivity index (χ3n) is 10.00. The molecule has 5 aromatic carbocycles. The normalized spacial score (nSPS) is 16.1. The number of aromatic nitrogens is 5. The van der Waals surface area contributed by atoms with Crippen molar-refractivity contribution in [1.29, 1.82) is 0 Å². The fourth-order valence-electron chi connectivity index (χ4n) is 7.71. The zero-order valence-corrected chi connectivity index (χ0v) is 27.8. The highest BCUT2D eigenvalue weighted by Gasteiger charge is 2.53. The molecule has 9 nitrogen and oxygen atoms in total. The molecule has 4 aromatic heterocycles. The summed E-state index contributed by atoms with van der Waals surface area (Å²) in [5.74, 6) is -0.702. The summed E-state index contributed by atoms with van der Waals surface area (Å²) in [5, 5.41) is 12.3. The van der Waals surface area contributed by atoms with E-state index in [-0.39, 0.29) is 23.5 Å². The Hall–Kier alpha value is -6.45. The lowest BCUT2D eigenvalue weighted by atomic mass is 9.76. The number of fused-ring (bicyclic) bond motifs is 6. The van der Waals surface area contributed by atoms with Crippen molar-refractivity contribution < 1.29 is 9.21 Å². The minimum Gasteiger partial charge on any atom is -0.388 e. The molecule has 10 heteroatoms. The van der Waals surface area contributed by atoms with Crippen molar-refractivity contribution in [3.63, 3.8) is 0 Å². The van der Waals surface area contributed by atoms with E-state index < -0.39 is 12.0 Å². The Labute approximate surface area is 294 Å². The van der Waals surface area contributed by atoms with Crippen LogP contribution in [0.25, 0.3) is 60.9 Å². The summed E-state index contributed by atoms with van der Waals surface area (Å²) in [6.45, 7) is 2.06. The predicted molar refractivity (Wildman–Crippen MR) is 200 cm³/mol. The molecule has 0 bridgehead atoms. The minimum absolute atomic E-state index is 0.000668. The average Bonchev–Trinajstić information content (AvgIpc) is 3.88. The smallest absolute Gasteiger partial charge is 0.331 e. The molecule has 10 rings (SSSR count). The number of hydrogen-bond donors (Lipinski definition) is 2. The Morgan fingerprint density at radius 1 is 0.706 bits per heavy atom. The molecule has 2 unspecified atom stereocenters. The van der Waals surface area contributed by atoms with Crippen LogP contribution in [0.2, 0.25) is 5.02 Å². The SMILES string of the molecule is Cc1ccc2[nH]c(-c3ccccc3)c(C3C(c4ccccc4)C(=O)N3c3nnc(-n4c(=O)c5ccccc5c5[nH]c6ccc(Cl)cc6c54)o3)c2c1. The molecule has 51 heavy (non-hydrogen) atoms. The third kappa shape index (κ3) is 4.34. The van der Waals surface area contributed by atoms with Gasteiger partial charge in [-0.2, -0.15) is 0 Å². The van der Waals surface area contributed by atoms with E-state index in [0.29, 0.717) is 15.9 Å². The zero-order chi connectivity index (χ0) is 34.4. The first kappa shape index (κ1) is 29.5. The van der Waals surface area contributed by atoms with Gasteiger partial charge in [0.25, 0.3) is 5.56 Å². The number of H-pyrrole nitrogens is 2. The molecule has 1 fully saturated rings. The second kappa shape index (κ2) is 11.0. The third-order valence-corrected chi connectivity index (χ3v) is 10.2. The van der Waals surface area contributed by atoms with Crippen molar-refractivity contribution in [2.45, 2.75) is 18.9 Å². The molecule has 1 saturated heterocycles. The van der Waals surface area contributed by atoms with Crippen LogP contribution in [0.3, 0.4) is 0 Å². The van der Waals surface area contributed by atoms with Crippen molar-refractivity contribution in [3.05, 3.63) is 153 Å². The fourth-order valence-corrected chi connectivity index (χ4v) is 7.89. The summed E-state index contributed by atoms with van der Waals surface area (Å²) in [6, 6.07) is 38.4. The highest BCUT2D eigenvalue weighted by molar-refractivity contribution is 6.32. The predicted octanol–water partition coefficient (Wildman–Crippen LogP) is 8.99. The Kier molecular flexibility index (Phi) is 6.37. The van der Waals surface area contributed by atoms with Crippen LogP contribution in [0.4, 0.5) is 6.01 Å². The van der Waals surface area contributed by atoms with Gasteiger partial charge in [-0.05, 0) is 54.4 Å². The standard InChI is InChI=1S/C41H27ClN6O3/c1-22-16-18-30-28(20-22)33(34(43-30)24-12-6-3-7-13-24)37-32(23-10-4-2-5-11-23)39(50)48(37)41-46-45-40(51-41)47-36-29-21-25(42)17-19-31(29)44-35(36)26-14-8-9-15-27(26)38(47)49/h2-21,32,37,43-44H,1H3. The van der Waals surface area contributed by atoms with Gasteiger partial charge < -0.3 is 14.4 Å². The van der Waals surface area contributed by atoms with E-state index in [1.807, 2.05) is 72.8 Å². The molecule has 1 amide bonds. The number of benzene rings is 5. The number of nitrogens with one attached hydrogen (secondary N) is 2. The molecule has 1 aliphatic rings. The van der Waals surface area contributed by atoms with E-state index in [9.17, 15) is 9.59 Å². The molecule has 0 aliphatic carbocycles. The monoisotopic (exact) mass is 686 g/mol. The Morgan fingerprint density at radius 2 is 1.39 bits per heavy atom. The largest absolute Gasteiger partial charge is 0.388 e. The molecule has 246 valence electrons. The highest BCUT2D eigenvalue weighted by Crippen LogP contribution is 2.53. The molecule has 1 aliphatic heterocycles. The first-order chi connectivity index (χ1) is 25.0. The zero-order valence-electron chi connectivity index (χ0n) is 27.1.